The standard InChI is InChI=1S/C19H28N4O6/c1-13(18(26)27)22-7-6-21(12-17(24)25)10-15-4-3-5-16(20-15)11-23(9-8-22)14(2)19(28)29/h3-5,13-14H,6-12H2,1-2H3,(H,24,25)(H,26,27)(H,28,29). The fraction of sp³-hybridized carbons (Fsp3) is 0.579. The summed E-state index contributed by atoms with van der Waals surface area (Å²) in [6.45, 7) is 4.98. The van der Waals surface area contributed by atoms with Crippen LogP contribution in [0.2, 0.25) is 0 Å². The van der Waals surface area contributed by atoms with E-state index in [0.717, 1.165) is 0 Å². The molecule has 0 amide bonds. The van der Waals surface area contributed by atoms with Crippen LogP contribution in [0.15, 0.2) is 18.2 Å². The highest BCUT2D eigenvalue weighted by Crippen LogP contribution is 2.12. The van der Waals surface area contributed by atoms with Gasteiger partial charge in [0.2, 0.25) is 0 Å². The first-order valence-corrected chi connectivity index (χ1v) is 9.50. The summed E-state index contributed by atoms with van der Waals surface area (Å²) >= 11 is 0. The molecule has 10 nitrogen and oxygen atoms in total. The Morgan fingerprint density at radius 2 is 1.41 bits per heavy atom. The largest absolute Gasteiger partial charge is 0.480 e. The first-order chi connectivity index (χ1) is 13.7. The number of aliphatic carboxylic acids is 3. The zero-order chi connectivity index (χ0) is 21.6. The summed E-state index contributed by atoms with van der Waals surface area (Å²) in [6, 6.07) is 3.89. The van der Waals surface area contributed by atoms with Crippen molar-refractivity contribution in [2.45, 2.75) is 39.0 Å². The Bertz CT molecular complexity index is 743. The molecule has 0 radical (unpaired) electrons. The highest BCUT2D eigenvalue weighted by Gasteiger charge is 2.26. The first kappa shape index (κ1) is 22.7. The maximum absolute atomic E-state index is 11.5. The number of rotatable bonds is 6. The van der Waals surface area contributed by atoms with Gasteiger partial charge in [0.05, 0.1) is 17.9 Å². The summed E-state index contributed by atoms with van der Waals surface area (Å²) < 4.78 is 0. The molecule has 1 aliphatic heterocycles. The Hall–Kier alpha value is -2.56. The summed E-state index contributed by atoms with van der Waals surface area (Å²) in [5.74, 6) is -2.90. The van der Waals surface area contributed by atoms with Crippen molar-refractivity contribution in [1.82, 2.24) is 19.7 Å². The number of aromatic nitrogens is 1. The van der Waals surface area contributed by atoms with Gasteiger partial charge >= 0.3 is 17.9 Å². The number of pyridine rings is 1. The second-order valence-electron chi connectivity index (χ2n) is 7.26. The number of carbonyl (C=O) groups is 3. The quantitative estimate of drug-likeness (QED) is 0.592. The number of fused-ring (bicyclic) bond motifs is 2. The molecular weight excluding hydrogens is 380 g/mol. The number of carboxylic acids is 3. The average Bonchev–Trinajstić information content (AvgIpc) is 2.64. The van der Waals surface area contributed by atoms with Crippen LogP contribution in [-0.4, -0.2) is 97.7 Å². The Balaban J connectivity index is 2.34. The minimum atomic E-state index is -0.980. The molecule has 2 atom stereocenters. The van der Waals surface area contributed by atoms with Gasteiger partial charge in [0.25, 0.3) is 0 Å². The predicted octanol–water partition coefficient (Wildman–Crippen LogP) is 0.0320. The predicted molar refractivity (Wildman–Crippen MR) is 103 cm³/mol. The molecule has 1 aromatic rings. The van der Waals surface area contributed by atoms with Crippen molar-refractivity contribution >= 4 is 17.9 Å². The molecule has 29 heavy (non-hydrogen) atoms. The normalized spacial score (nSPS) is 19.5. The van der Waals surface area contributed by atoms with E-state index >= 15 is 0 Å². The molecule has 0 saturated carbocycles. The second-order valence-corrected chi connectivity index (χ2v) is 7.26. The van der Waals surface area contributed by atoms with Crippen LogP contribution in [0, 0.1) is 0 Å². The van der Waals surface area contributed by atoms with E-state index in [0.29, 0.717) is 50.7 Å². The van der Waals surface area contributed by atoms with Gasteiger partial charge < -0.3 is 15.3 Å². The number of hydrogen-bond donors (Lipinski definition) is 3. The third kappa shape index (κ3) is 6.77. The summed E-state index contributed by atoms with van der Waals surface area (Å²) in [6.07, 6.45) is 0. The minimum absolute atomic E-state index is 0.177. The fourth-order valence-electron chi connectivity index (χ4n) is 3.30. The van der Waals surface area contributed by atoms with Crippen molar-refractivity contribution in [3.05, 3.63) is 29.6 Å². The average molecular weight is 408 g/mol. The highest BCUT2D eigenvalue weighted by atomic mass is 16.4. The van der Waals surface area contributed by atoms with Crippen LogP contribution in [0.3, 0.4) is 0 Å². The molecule has 160 valence electrons. The van der Waals surface area contributed by atoms with Gasteiger partial charge in [-0.3, -0.25) is 34.1 Å². The van der Waals surface area contributed by atoms with E-state index in [2.05, 4.69) is 4.98 Å². The topological polar surface area (TPSA) is 135 Å². The van der Waals surface area contributed by atoms with Gasteiger partial charge in [0, 0.05) is 39.3 Å². The Labute approximate surface area is 169 Å². The fourth-order valence-corrected chi connectivity index (χ4v) is 3.30. The van der Waals surface area contributed by atoms with Crippen LogP contribution >= 0.6 is 0 Å². The number of carboxylic acid groups (broad SMARTS) is 3. The molecular formula is C19H28N4O6. The van der Waals surface area contributed by atoms with E-state index in [4.69, 9.17) is 0 Å². The molecule has 0 saturated heterocycles. The van der Waals surface area contributed by atoms with Crippen LogP contribution in [0.5, 0.6) is 0 Å². The van der Waals surface area contributed by atoms with Crippen LogP contribution < -0.4 is 0 Å². The van der Waals surface area contributed by atoms with Gasteiger partial charge in [-0.05, 0) is 26.0 Å². The van der Waals surface area contributed by atoms with Gasteiger partial charge in [0.15, 0.2) is 0 Å². The molecule has 0 fully saturated rings. The lowest BCUT2D eigenvalue weighted by Gasteiger charge is -2.33. The zero-order valence-corrected chi connectivity index (χ0v) is 16.7. The molecule has 1 aliphatic rings. The van der Waals surface area contributed by atoms with E-state index in [-0.39, 0.29) is 6.54 Å². The SMILES string of the molecule is CC(C(=O)O)N1CCN(CC(=O)O)Cc2cccc(n2)CN(C(C)C(=O)O)CC1. The molecule has 0 spiro atoms. The van der Waals surface area contributed by atoms with Crippen molar-refractivity contribution in [2.24, 2.45) is 0 Å². The van der Waals surface area contributed by atoms with E-state index in [9.17, 15) is 29.7 Å². The summed E-state index contributed by atoms with van der Waals surface area (Å²) in [4.78, 5) is 44.1. The van der Waals surface area contributed by atoms with Crippen molar-refractivity contribution in [1.29, 1.82) is 0 Å². The van der Waals surface area contributed by atoms with E-state index in [1.807, 2.05) is 6.07 Å². The van der Waals surface area contributed by atoms with Crippen LogP contribution in [-0.2, 0) is 27.5 Å². The summed E-state index contributed by atoms with van der Waals surface area (Å²) in [5, 5.41) is 28.1. The maximum Gasteiger partial charge on any atom is 0.320 e. The van der Waals surface area contributed by atoms with Crippen molar-refractivity contribution in [3.8, 4) is 0 Å². The molecule has 10 heteroatoms. The van der Waals surface area contributed by atoms with Gasteiger partial charge in [-0.25, -0.2) is 0 Å². The Kier molecular flexibility index (Phi) is 8.06. The minimum Gasteiger partial charge on any atom is -0.480 e. The molecule has 3 N–H and O–H groups in total. The van der Waals surface area contributed by atoms with E-state index < -0.39 is 30.0 Å². The molecule has 2 bridgehead atoms. The molecule has 2 rings (SSSR count). The monoisotopic (exact) mass is 408 g/mol. The second kappa shape index (κ2) is 10.3. The molecule has 0 aromatic carbocycles. The van der Waals surface area contributed by atoms with Crippen molar-refractivity contribution < 1.29 is 29.7 Å². The number of hydrogen-bond acceptors (Lipinski definition) is 7. The summed E-state index contributed by atoms with van der Waals surface area (Å²) in [5.41, 5.74) is 1.37. The van der Waals surface area contributed by atoms with Crippen molar-refractivity contribution in [3.63, 3.8) is 0 Å². The third-order valence-corrected chi connectivity index (χ3v) is 5.16. The van der Waals surface area contributed by atoms with Gasteiger partial charge in [-0.2, -0.15) is 0 Å². The molecule has 0 aliphatic carbocycles. The zero-order valence-electron chi connectivity index (χ0n) is 16.7. The van der Waals surface area contributed by atoms with Gasteiger partial charge in [-0.1, -0.05) is 6.07 Å². The van der Waals surface area contributed by atoms with Gasteiger partial charge in [0.1, 0.15) is 12.1 Å². The smallest absolute Gasteiger partial charge is 0.320 e. The molecule has 1 aromatic heterocycles. The van der Waals surface area contributed by atoms with Gasteiger partial charge in [-0.15, -0.1) is 0 Å². The highest BCUT2D eigenvalue weighted by molar-refractivity contribution is 5.73. The number of nitrogens with zero attached hydrogens (tertiary/aromatic N) is 4. The summed E-state index contributed by atoms with van der Waals surface area (Å²) in [7, 11) is 0. The maximum atomic E-state index is 11.5. The van der Waals surface area contributed by atoms with Crippen molar-refractivity contribution in [2.75, 3.05) is 32.7 Å². The van der Waals surface area contributed by atoms with Crippen LogP contribution in [0.1, 0.15) is 25.2 Å². The molecule has 2 unspecified atom stereocenters. The van der Waals surface area contributed by atoms with E-state index in [1.165, 1.54) is 0 Å². The lowest BCUT2D eigenvalue weighted by molar-refractivity contribution is -0.145. The lowest BCUT2D eigenvalue weighted by Crippen LogP contribution is -2.49. The Morgan fingerprint density at radius 1 is 0.897 bits per heavy atom. The molecule has 2 heterocycles. The lowest BCUT2D eigenvalue weighted by atomic mass is 10.2. The Morgan fingerprint density at radius 3 is 2.00 bits per heavy atom. The first-order valence-electron chi connectivity index (χ1n) is 9.50. The van der Waals surface area contributed by atoms with Crippen LogP contribution in [0.25, 0.3) is 0 Å². The van der Waals surface area contributed by atoms with E-state index in [1.54, 1.807) is 40.7 Å². The van der Waals surface area contributed by atoms with Crippen LogP contribution in [0.4, 0.5) is 0 Å². The third-order valence-electron chi connectivity index (χ3n) is 5.16.